The number of carbonyl (C=O) groups is 1. The molecule has 2 aliphatic rings. The first kappa shape index (κ1) is 15.4. The number of piperidine rings is 1. The third-order valence-electron chi connectivity index (χ3n) is 5.33. The number of amides is 1. The molecule has 1 atom stereocenters. The van der Waals surface area contributed by atoms with Gasteiger partial charge in [0.1, 0.15) is 5.60 Å². The summed E-state index contributed by atoms with van der Waals surface area (Å²) in [5.74, 6) is 0.211. The molecule has 1 saturated heterocycles. The summed E-state index contributed by atoms with van der Waals surface area (Å²) in [7, 11) is 1.96. The van der Waals surface area contributed by atoms with Crippen molar-refractivity contribution in [2.24, 2.45) is 7.05 Å². The second kappa shape index (κ2) is 6.06. The van der Waals surface area contributed by atoms with E-state index in [2.05, 4.69) is 29.2 Å². The Morgan fingerprint density at radius 3 is 3.08 bits per heavy atom. The molecule has 1 amide bonds. The third-order valence-corrected chi connectivity index (χ3v) is 5.33. The predicted molar refractivity (Wildman–Crippen MR) is 90.3 cm³/mol. The fraction of sp³-hybridized carbons (Fsp3) is 0.474. The molecule has 5 nitrogen and oxygen atoms in total. The summed E-state index contributed by atoms with van der Waals surface area (Å²) in [4.78, 5) is 18.8. The lowest BCUT2D eigenvalue weighted by molar-refractivity contribution is -0.142. The van der Waals surface area contributed by atoms with E-state index in [0.29, 0.717) is 19.6 Å². The zero-order valence-electron chi connectivity index (χ0n) is 14.1. The number of nitrogens with zero attached hydrogens (tertiary/aromatic N) is 3. The fourth-order valence-corrected chi connectivity index (χ4v) is 3.98. The van der Waals surface area contributed by atoms with Gasteiger partial charge in [-0.2, -0.15) is 0 Å². The molecule has 2 aliphatic heterocycles. The van der Waals surface area contributed by atoms with E-state index in [4.69, 9.17) is 4.74 Å². The van der Waals surface area contributed by atoms with Gasteiger partial charge in [0.15, 0.2) is 0 Å². The Balaban J connectivity index is 1.46. The summed E-state index contributed by atoms with van der Waals surface area (Å²) < 4.78 is 8.17. The van der Waals surface area contributed by atoms with Gasteiger partial charge in [0.25, 0.3) is 0 Å². The van der Waals surface area contributed by atoms with Crippen molar-refractivity contribution in [1.29, 1.82) is 0 Å². The third kappa shape index (κ3) is 2.63. The molecule has 0 saturated carbocycles. The average Bonchev–Trinajstić information content (AvgIpc) is 3.18. The summed E-state index contributed by atoms with van der Waals surface area (Å²) >= 11 is 0. The van der Waals surface area contributed by atoms with Crippen molar-refractivity contribution in [2.75, 3.05) is 13.1 Å². The maximum Gasteiger partial charge on any atom is 0.223 e. The number of hydrogen-bond acceptors (Lipinski definition) is 3. The topological polar surface area (TPSA) is 47.4 Å². The van der Waals surface area contributed by atoms with Gasteiger partial charge in [-0.05, 0) is 30.4 Å². The molecule has 126 valence electrons. The molecule has 0 radical (unpaired) electrons. The van der Waals surface area contributed by atoms with Crippen molar-refractivity contribution in [2.45, 2.75) is 37.9 Å². The number of fused-ring (bicyclic) bond motifs is 2. The van der Waals surface area contributed by atoms with Crippen molar-refractivity contribution in [3.63, 3.8) is 0 Å². The minimum atomic E-state index is -0.295. The molecule has 24 heavy (non-hydrogen) atoms. The van der Waals surface area contributed by atoms with E-state index in [1.807, 2.05) is 22.7 Å². The predicted octanol–water partition coefficient (Wildman–Crippen LogP) is 2.40. The molecule has 0 bridgehead atoms. The molecule has 0 aliphatic carbocycles. The standard InChI is InChI=1S/C19H23N3O2/c1-21-14-20-11-16(21)7-8-18(23)22-10-4-9-19(13-22)17-6-3-2-5-15(17)12-24-19/h2-3,5-6,11,14H,4,7-10,12-13H2,1H3. The van der Waals surface area contributed by atoms with Crippen LogP contribution >= 0.6 is 0 Å². The summed E-state index contributed by atoms with van der Waals surface area (Å²) in [6, 6.07) is 8.42. The van der Waals surface area contributed by atoms with E-state index < -0.39 is 0 Å². The van der Waals surface area contributed by atoms with Gasteiger partial charge in [-0.1, -0.05) is 24.3 Å². The molecule has 1 fully saturated rings. The number of ether oxygens (including phenoxy) is 1. The van der Waals surface area contributed by atoms with Gasteiger partial charge in [-0.3, -0.25) is 4.79 Å². The van der Waals surface area contributed by atoms with E-state index in [-0.39, 0.29) is 11.5 Å². The number of aromatic nitrogens is 2. The van der Waals surface area contributed by atoms with Gasteiger partial charge in [0, 0.05) is 31.9 Å². The van der Waals surface area contributed by atoms with E-state index in [0.717, 1.165) is 31.5 Å². The highest BCUT2D eigenvalue weighted by molar-refractivity contribution is 5.76. The molecule has 1 spiro atoms. The Bertz CT molecular complexity index is 751. The van der Waals surface area contributed by atoms with Crippen molar-refractivity contribution < 1.29 is 9.53 Å². The van der Waals surface area contributed by atoms with Crippen molar-refractivity contribution >= 4 is 5.91 Å². The summed E-state index contributed by atoms with van der Waals surface area (Å²) in [5.41, 5.74) is 3.34. The molecule has 1 unspecified atom stereocenters. The zero-order chi connectivity index (χ0) is 16.6. The fourth-order valence-electron chi connectivity index (χ4n) is 3.98. The largest absolute Gasteiger partial charge is 0.364 e. The molecule has 1 aromatic heterocycles. The first-order chi connectivity index (χ1) is 11.7. The van der Waals surface area contributed by atoms with Crippen LogP contribution in [-0.4, -0.2) is 33.4 Å². The van der Waals surface area contributed by atoms with Crippen LogP contribution in [0.25, 0.3) is 0 Å². The zero-order valence-corrected chi connectivity index (χ0v) is 14.1. The van der Waals surface area contributed by atoms with Crippen molar-refractivity contribution in [3.8, 4) is 0 Å². The van der Waals surface area contributed by atoms with Gasteiger partial charge in [-0.25, -0.2) is 4.98 Å². The lowest BCUT2D eigenvalue weighted by Crippen LogP contribution is -2.48. The summed E-state index contributed by atoms with van der Waals surface area (Å²) in [6.07, 6.45) is 6.86. The van der Waals surface area contributed by atoms with Crippen LogP contribution in [0.15, 0.2) is 36.8 Å². The minimum Gasteiger partial charge on any atom is -0.364 e. The highest BCUT2D eigenvalue weighted by atomic mass is 16.5. The second-order valence-corrected chi connectivity index (χ2v) is 6.85. The first-order valence-corrected chi connectivity index (χ1v) is 8.63. The van der Waals surface area contributed by atoms with Gasteiger partial charge in [-0.15, -0.1) is 0 Å². The molecule has 3 heterocycles. The lowest BCUT2D eigenvalue weighted by Gasteiger charge is -2.40. The van der Waals surface area contributed by atoms with Crippen molar-refractivity contribution in [3.05, 3.63) is 53.6 Å². The van der Waals surface area contributed by atoms with Crippen LogP contribution in [0.2, 0.25) is 0 Å². The Morgan fingerprint density at radius 1 is 1.38 bits per heavy atom. The van der Waals surface area contributed by atoms with Crippen LogP contribution < -0.4 is 0 Å². The summed E-state index contributed by atoms with van der Waals surface area (Å²) in [6.45, 7) is 2.17. The number of benzene rings is 1. The molecule has 5 heteroatoms. The van der Waals surface area contributed by atoms with Crippen LogP contribution in [0.4, 0.5) is 0 Å². The maximum absolute atomic E-state index is 12.7. The molecule has 1 aromatic carbocycles. The first-order valence-electron chi connectivity index (χ1n) is 8.63. The summed E-state index contributed by atoms with van der Waals surface area (Å²) in [5, 5.41) is 0. The number of imidazole rings is 1. The van der Waals surface area contributed by atoms with E-state index in [9.17, 15) is 4.79 Å². The van der Waals surface area contributed by atoms with Gasteiger partial charge in [0.05, 0.1) is 19.5 Å². The van der Waals surface area contributed by atoms with Crippen molar-refractivity contribution in [1.82, 2.24) is 14.5 Å². The van der Waals surface area contributed by atoms with E-state index in [1.165, 1.54) is 11.1 Å². The molecule has 4 rings (SSSR count). The number of rotatable bonds is 3. The SMILES string of the molecule is Cn1cncc1CCC(=O)N1CCCC2(C1)OCc1ccccc12. The molecule has 0 N–H and O–H groups in total. The van der Waals surface area contributed by atoms with Crippen LogP contribution in [0.5, 0.6) is 0 Å². The minimum absolute atomic E-state index is 0.211. The number of likely N-dealkylation sites (tertiary alicyclic amines) is 1. The van der Waals surface area contributed by atoms with Gasteiger partial charge < -0.3 is 14.2 Å². The molecular formula is C19H23N3O2. The number of hydrogen-bond donors (Lipinski definition) is 0. The Kier molecular flexibility index (Phi) is 3.88. The van der Waals surface area contributed by atoms with E-state index >= 15 is 0 Å². The second-order valence-electron chi connectivity index (χ2n) is 6.85. The van der Waals surface area contributed by atoms with Crippen LogP contribution in [0.1, 0.15) is 36.1 Å². The normalized spacial score (nSPS) is 22.8. The average molecular weight is 325 g/mol. The molecule has 2 aromatic rings. The number of aryl methyl sites for hydroxylation is 2. The maximum atomic E-state index is 12.7. The molecular weight excluding hydrogens is 302 g/mol. The van der Waals surface area contributed by atoms with Crippen LogP contribution in [0, 0.1) is 0 Å². The lowest BCUT2D eigenvalue weighted by atomic mass is 9.85. The smallest absolute Gasteiger partial charge is 0.223 e. The van der Waals surface area contributed by atoms with E-state index in [1.54, 1.807) is 6.33 Å². The quantitative estimate of drug-likeness (QED) is 0.870. The Hall–Kier alpha value is -2.14. The van der Waals surface area contributed by atoms with Gasteiger partial charge in [0.2, 0.25) is 5.91 Å². The van der Waals surface area contributed by atoms with Crippen LogP contribution in [0.3, 0.4) is 0 Å². The Labute approximate surface area is 142 Å². The highest BCUT2D eigenvalue weighted by Gasteiger charge is 2.44. The van der Waals surface area contributed by atoms with Gasteiger partial charge >= 0.3 is 0 Å². The highest BCUT2D eigenvalue weighted by Crippen LogP contribution is 2.42. The van der Waals surface area contributed by atoms with Crippen LogP contribution in [-0.2, 0) is 35.2 Å². The number of carbonyl (C=O) groups excluding carboxylic acids is 1. The Morgan fingerprint density at radius 2 is 2.25 bits per heavy atom. The monoisotopic (exact) mass is 325 g/mol.